The number of aromatic nitrogens is 1. The molecule has 2 N–H and O–H groups in total. The second kappa shape index (κ2) is 6.56. The van der Waals surface area contributed by atoms with E-state index in [1.807, 2.05) is 0 Å². The Bertz CT molecular complexity index is 545. The predicted molar refractivity (Wildman–Crippen MR) is 78.7 cm³/mol. The Balaban J connectivity index is 2.22. The Kier molecular flexibility index (Phi) is 4.77. The SMILES string of the molecule is COC(=O)CC1CCCCN1C(=O)c1cc(N)cnc1C. The van der Waals surface area contributed by atoms with E-state index < -0.39 is 0 Å². The number of carbonyl (C=O) groups excluding carboxylic acids is 2. The summed E-state index contributed by atoms with van der Waals surface area (Å²) in [4.78, 5) is 30.1. The van der Waals surface area contributed by atoms with Gasteiger partial charge in [0.15, 0.2) is 0 Å². The molecule has 0 spiro atoms. The van der Waals surface area contributed by atoms with Crippen LogP contribution in [0.25, 0.3) is 0 Å². The molecule has 114 valence electrons. The molecule has 1 unspecified atom stereocenters. The molecule has 1 fully saturated rings. The lowest BCUT2D eigenvalue weighted by atomic mass is 9.98. The number of hydrogen-bond donors (Lipinski definition) is 1. The second-order valence-corrected chi connectivity index (χ2v) is 5.33. The first kappa shape index (κ1) is 15.3. The Morgan fingerprint density at radius 2 is 2.24 bits per heavy atom. The van der Waals surface area contributed by atoms with E-state index in [0.29, 0.717) is 23.5 Å². The molecule has 1 saturated heterocycles. The van der Waals surface area contributed by atoms with Crippen molar-refractivity contribution in [2.24, 2.45) is 0 Å². The topological polar surface area (TPSA) is 85.5 Å². The van der Waals surface area contributed by atoms with Crippen molar-refractivity contribution in [2.45, 2.75) is 38.6 Å². The van der Waals surface area contributed by atoms with Crippen LogP contribution in [-0.4, -0.2) is 41.5 Å². The third-order valence-electron chi connectivity index (χ3n) is 3.86. The molecular formula is C15H21N3O3. The van der Waals surface area contributed by atoms with Crippen LogP contribution in [0.5, 0.6) is 0 Å². The number of methoxy groups -OCH3 is 1. The first-order valence-electron chi connectivity index (χ1n) is 7.13. The zero-order valence-electron chi connectivity index (χ0n) is 12.5. The minimum atomic E-state index is -0.290. The van der Waals surface area contributed by atoms with Gasteiger partial charge in [-0.25, -0.2) is 0 Å². The molecule has 0 aliphatic carbocycles. The number of amides is 1. The van der Waals surface area contributed by atoms with Crippen molar-refractivity contribution >= 4 is 17.6 Å². The molecule has 21 heavy (non-hydrogen) atoms. The summed E-state index contributed by atoms with van der Waals surface area (Å²) in [5.41, 5.74) is 7.34. The van der Waals surface area contributed by atoms with Crippen LogP contribution in [0.4, 0.5) is 5.69 Å². The summed E-state index contributed by atoms with van der Waals surface area (Å²) in [6.45, 7) is 2.43. The van der Waals surface area contributed by atoms with Crippen LogP contribution in [0.1, 0.15) is 41.7 Å². The fourth-order valence-corrected chi connectivity index (χ4v) is 2.68. The maximum absolute atomic E-state index is 12.7. The standard InChI is InChI=1S/C15H21N3O3/c1-10-13(7-11(16)9-17-10)15(20)18-6-4-3-5-12(18)8-14(19)21-2/h7,9,12H,3-6,8,16H2,1-2H3. The lowest BCUT2D eigenvalue weighted by Crippen LogP contribution is -2.45. The number of ether oxygens (including phenoxy) is 1. The summed E-state index contributed by atoms with van der Waals surface area (Å²) in [5.74, 6) is -0.400. The van der Waals surface area contributed by atoms with Gasteiger partial charge in [0.25, 0.3) is 5.91 Å². The number of likely N-dealkylation sites (tertiary alicyclic amines) is 1. The highest BCUT2D eigenvalue weighted by Crippen LogP contribution is 2.23. The fourth-order valence-electron chi connectivity index (χ4n) is 2.68. The monoisotopic (exact) mass is 291 g/mol. The number of esters is 1. The number of aryl methyl sites for hydroxylation is 1. The normalized spacial score (nSPS) is 18.4. The Labute approximate surface area is 124 Å². The van der Waals surface area contributed by atoms with E-state index in [-0.39, 0.29) is 24.3 Å². The van der Waals surface area contributed by atoms with Gasteiger partial charge in [-0.05, 0) is 32.3 Å². The Hall–Kier alpha value is -2.11. The minimum Gasteiger partial charge on any atom is -0.469 e. The van der Waals surface area contributed by atoms with Crippen LogP contribution in [0.15, 0.2) is 12.3 Å². The van der Waals surface area contributed by atoms with Gasteiger partial charge in [0, 0.05) is 12.6 Å². The van der Waals surface area contributed by atoms with Crippen molar-refractivity contribution in [3.63, 3.8) is 0 Å². The number of hydrogen-bond acceptors (Lipinski definition) is 5. The number of nitrogen functional groups attached to an aromatic ring is 1. The molecule has 6 heteroatoms. The summed E-state index contributed by atoms with van der Waals surface area (Å²) in [6, 6.07) is 1.54. The van der Waals surface area contributed by atoms with Gasteiger partial charge >= 0.3 is 5.97 Å². The summed E-state index contributed by atoms with van der Waals surface area (Å²) >= 11 is 0. The Morgan fingerprint density at radius 1 is 1.48 bits per heavy atom. The van der Waals surface area contributed by atoms with Crippen molar-refractivity contribution in [3.8, 4) is 0 Å². The van der Waals surface area contributed by atoms with E-state index >= 15 is 0 Å². The molecule has 1 aromatic heterocycles. The van der Waals surface area contributed by atoms with Gasteiger partial charge in [0.05, 0.1) is 36.7 Å². The number of carbonyl (C=O) groups is 2. The summed E-state index contributed by atoms with van der Waals surface area (Å²) < 4.78 is 4.72. The quantitative estimate of drug-likeness (QED) is 0.854. The van der Waals surface area contributed by atoms with Crippen LogP contribution in [0.3, 0.4) is 0 Å². The third-order valence-corrected chi connectivity index (χ3v) is 3.86. The highest BCUT2D eigenvalue weighted by atomic mass is 16.5. The van der Waals surface area contributed by atoms with Gasteiger partial charge in [-0.2, -0.15) is 0 Å². The molecule has 1 amide bonds. The van der Waals surface area contributed by atoms with Gasteiger partial charge in [-0.1, -0.05) is 0 Å². The third kappa shape index (κ3) is 3.51. The molecule has 6 nitrogen and oxygen atoms in total. The molecular weight excluding hydrogens is 270 g/mol. The maximum Gasteiger partial charge on any atom is 0.307 e. The first-order chi connectivity index (χ1) is 10.0. The zero-order valence-corrected chi connectivity index (χ0v) is 12.5. The average Bonchev–Trinajstić information content (AvgIpc) is 2.49. The molecule has 1 atom stereocenters. The van der Waals surface area contributed by atoms with Gasteiger partial charge in [0.2, 0.25) is 0 Å². The molecule has 2 rings (SSSR count). The second-order valence-electron chi connectivity index (χ2n) is 5.33. The largest absolute Gasteiger partial charge is 0.469 e. The lowest BCUT2D eigenvalue weighted by Gasteiger charge is -2.35. The van der Waals surface area contributed by atoms with Crippen LogP contribution in [0, 0.1) is 6.92 Å². The van der Waals surface area contributed by atoms with Gasteiger partial charge in [-0.3, -0.25) is 14.6 Å². The molecule has 0 aromatic carbocycles. The van der Waals surface area contributed by atoms with Crippen molar-refractivity contribution in [3.05, 3.63) is 23.5 Å². The first-order valence-corrected chi connectivity index (χ1v) is 7.13. The number of anilines is 1. The van der Waals surface area contributed by atoms with Gasteiger partial charge in [0.1, 0.15) is 0 Å². The highest BCUT2D eigenvalue weighted by Gasteiger charge is 2.30. The summed E-state index contributed by atoms with van der Waals surface area (Å²) in [6.07, 6.45) is 4.54. The number of piperidine rings is 1. The fraction of sp³-hybridized carbons (Fsp3) is 0.533. The van der Waals surface area contributed by atoms with Crippen LogP contribution < -0.4 is 5.73 Å². The zero-order chi connectivity index (χ0) is 15.4. The lowest BCUT2D eigenvalue weighted by molar-refractivity contribution is -0.142. The van der Waals surface area contributed by atoms with E-state index in [1.165, 1.54) is 13.3 Å². The molecule has 0 radical (unpaired) electrons. The Morgan fingerprint density at radius 3 is 2.95 bits per heavy atom. The molecule has 1 aliphatic heterocycles. The summed E-state index contributed by atoms with van der Waals surface area (Å²) in [5, 5.41) is 0. The van der Waals surface area contributed by atoms with E-state index in [4.69, 9.17) is 10.5 Å². The van der Waals surface area contributed by atoms with E-state index in [9.17, 15) is 9.59 Å². The molecule has 1 aliphatic rings. The molecule has 0 saturated carbocycles. The molecule has 2 heterocycles. The molecule has 1 aromatic rings. The van der Waals surface area contributed by atoms with Gasteiger partial charge < -0.3 is 15.4 Å². The van der Waals surface area contributed by atoms with Gasteiger partial charge in [-0.15, -0.1) is 0 Å². The average molecular weight is 291 g/mol. The van der Waals surface area contributed by atoms with Crippen molar-refractivity contribution < 1.29 is 14.3 Å². The van der Waals surface area contributed by atoms with Crippen molar-refractivity contribution in [2.75, 3.05) is 19.4 Å². The number of nitrogens with zero attached hydrogens (tertiary/aromatic N) is 2. The molecule has 0 bridgehead atoms. The smallest absolute Gasteiger partial charge is 0.307 e. The highest BCUT2D eigenvalue weighted by molar-refractivity contribution is 5.96. The van der Waals surface area contributed by atoms with Crippen LogP contribution >= 0.6 is 0 Å². The van der Waals surface area contributed by atoms with Crippen molar-refractivity contribution in [1.29, 1.82) is 0 Å². The van der Waals surface area contributed by atoms with Crippen molar-refractivity contribution in [1.82, 2.24) is 9.88 Å². The van der Waals surface area contributed by atoms with E-state index in [2.05, 4.69) is 4.98 Å². The van der Waals surface area contributed by atoms with E-state index in [0.717, 1.165) is 19.3 Å². The number of rotatable bonds is 3. The number of nitrogens with two attached hydrogens (primary N) is 1. The minimum absolute atomic E-state index is 0.110. The van der Waals surface area contributed by atoms with Crippen LogP contribution in [0.2, 0.25) is 0 Å². The van der Waals surface area contributed by atoms with E-state index in [1.54, 1.807) is 17.9 Å². The maximum atomic E-state index is 12.7. The summed E-state index contributed by atoms with van der Waals surface area (Å²) in [7, 11) is 1.36. The van der Waals surface area contributed by atoms with Crippen LogP contribution in [-0.2, 0) is 9.53 Å². The predicted octanol–water partition coefficient (Wildman–Crippen LogP) is 1.53. The number of pyridine rings is 1.